The van der Waals surface area contributed by atoms with Gasteiger partial charge in [-0.3, -0.25) is 4.98 Å². The average molecular weight is 393 g/mol. The van der Waals surface area contributed by atoms with E-state index in [1.165, 1.54) is 11.3 Å². The van der Waals surface area contributed by atoms with Crippen LogP contribution in [0.4, 0.5) is 0 Å². The Labute approximate surface area is 156 Å². The van der Waals surface area contributed by atoms with Gasteiger partial charge in [-0.1, -0.05) is 6.07 Å². The van der Waals surface area contributed by atoms with E-state index in [9.17, 15) is 8.42 Å². The number of hydrogen-bond donors (Lipinski definition) is 0. The molecule has 138 valence electrons. The van der Waals surface area contributed by atoms with Crippen LogP contribution in [0.2, 0.25) is 0 Å². The van der Waals surface area contributed by atoms with Crippen LogP contribution in [0.1, 0.15) is 18.2 Å². The summed E-state index contributed by atoms with van der Waals surface area (Å²) in [6.45, 7) is 2.19. The molecule has 0 unspecified atom stereocenters. The highest BCUT2D eigenvalue weighted by atomic mass is 32.2. The van der Waals surface area contributed by atoms with Crippen molar-refractivity contribution in [2.45, 2.75) is 23.1 Å². The zero-order chi connectivity index (χ0) is 18.1. The summed E-state index contributed by atoms with van der Waals surface area (Å²) in [5, 5.41) is 1.79. The maximum absolute atomic E-state index is 12.8. The minimum absolute atomic E-state index is 0.0639. The summed E-state index contributed by atoms with van der Waals surface area (Å²) in [5.74, 6) is 0.975. The van der Waals surface area contributed by atoms with Crippen molar-refractivity contribution in [3.8, 4) is 0 Å². The molecule has 7 nitrogen and oxygen atoms in total. The van der Waals surface area contributed by atoms with Crippen molar-refractivity contribution >= 4 is 32.4 Å². The second kappa shape index (κ2) is 7.07. The van der Waals surface area contributed by atoms with Crippen LogP contribution >= 0.6 is 11.3 Å². The molecule has 1 saturated heterocycles. The van der Waals surface area contributed by atoms with Crippen molar-refractivity contribution < 1.29 is 13.2 Å². The van der Waals surface area contributed by atoms with Crippen LogP contribution < -0.4 is 0 Å². The van der Waals surface area contributed by atoms with E-state index in [4.69, 9.17) is 9.72 Å². The first kappa shape index (κ1) is 17.6. The van der Waals surface area contributed by atoms with E-state index in [0.29, 0.717) is 30.5 Å². The number of methoxy groups -OCH3 is 1. The van der Waals surface area contributed by atoms with E-state index in [-0.39, 0.29) is 5.92 Å². The summed E-state index contributed by atoms with van der Waals surface area (Å²) in [4.78, 5) is 8.98. The van der Waals surface area contributed by atoms with Crippen molar-refractivity contribution in [3.63, 3.8) is 0 Å². The third kappa shape index (κ3) is 3.05. The van der Waals surface area contributed by atoms with Crippen LogP contribution in [0, 0.1) is 0 Å². The van der Waals surface area contributed by atoms with Gasteiger partial charge in [-0.15, -0.1) is 11.3 Å². The van der Waals surface area contributed by atoms with Crippen LogP contribution in [0.15, 0.2) is 40.2 Å². The summed E-state index contributed by atoms with van der Waals surface area (Å²) in [6.07, 6.45) is 4.28. The largest absolute Gasteiger partial charge is 0.383 e. The molecule has 4 rings (SSSR count). The highest BCUT2D eigenvalue weighted by molar-refractivity contribution is 7.91. The number of aromatic nitrogens is 3. The number of thiophene rings is 1. The van der Waals surface area contributed by atoms with E-state index in [1.807, 2.05) is 6.07 Å². The number of hydrogen-bond acceptors (Lipinski definition) is 6. The lowest BCUT2D eigenvalue weighted by atomic mass is 10.1. The maximum atomic E-state index is 12.8. The SMILES string of the molecule is COCCn1c([C@H]2CCN(S(=O)(=O)c3cccs3)C2)nc2ccncc21. The third-order valence-electron chi connectivity index (χ3n) is 4.70. The Morgan fingerprint density at radius 3 is 3.04 bits per heavy atom. The van der Waals surface area contributed by atoms with E-state index in [0.717, 1.165) is 23.3 Å². The monoisotopic (exact) mass is 392 g/mol. The number of pyridine rings is 1. The number of nitrogens with zero attached hydrogens (tertiary/aromatic N) is 4. The molecule has 1 aliphatic heterocycles. The molecule has 1 fully saturated rings. The van der Waals surface area contributed by atoms with Gasteiger partial charge in [-0.05, 0) is 23.9 Å². The van der Waals surface area contributed by atoms with Crippen LogP contribution in [0.3, 0.4) is 0 Å². The molecular formula is C17H20N4O3S2. The molecule has 0 aromatic carbocycles. The first-order chi connectivity index (χ1) is 12.6. The third-order valence-corrected chi connectivity index (χ3v) is 7.94. The summed E-state index contributed by atoms with van der Waals surface area (Å²) < 4.78 is 34.9. The standard InChI is InChI=1S/C17H20N4O3S2/c1-24-9-8-21-15-11-18-6-4-14(15)19-17(21)13-5-7-20(12-13)26(22,23)16-3-2-10-25-16/h2-4,6,10-11,13H,5,7-9,12H2,1H3/t13-/m0/s1. The van der Waals surface area contributed by atoms with Gasteiger partial charge in [0.1, 0.15) is 10.0 Å². The van der Waals surface area contributed by atoms with E-state index >= 15 is 0 Å². The minimum Gasteiger partial charge on any atom is -0.383 e. The van der Waals surface area contributed by atoms with Gasteiger partial charge in [-0.2, -0.15) is 4.31 Å². The molecular weight excluding hydrogens is 372 g/mol. The first-order valence-electron chi connectivity index (χ1n) is 8.44. The van der Waals surface area contributed by atoms with Gasteiger partial charge in [0.2, 0.25) is 0 Å². The number of fused-ring (bicyclic) bond motifs is 1. The van der Waals surface area contributed by atoms with Crippen molar-refractivity contribution in [1.29, 1.82) is 0 Å². The Kier molecular flexibility index (Phi) is 4.78. The van der Waals surface area contributed by atoms with Crippen molar-refractivity contribution in [2.75, 3.05) is 26.8 Å². The molecule has 3 aromatic heterocycles. The predicted octanol–water partition coefficient (Wildman–Crippen LogP) is 2.32. The Balaban J connectivity index is 1.65. The lowest BCUT2D eigenvalue weighted by molar-refractivity contribution is 0.187. The molecule has 0 amide bonds. The van der Waals surface area contributed by atoms with E-state index < -0.39 is 10.0 Å². The minimum atomic E-state index is -3.42. The fraction of sp³-hybridized carbons (Fsp3) is 0.412. The fourth-order valence-electron chi connectivity index (χ4n) is 3.41. The van der Waals surface area contributed by atoms with Crippen molar-refractivity contribution in [1.82, 2.24) is 18.8 Å². The lowest BCUT2D eigenvalue weighted by Gasteiger charge is -2.16. The summed E-state index contributed by atoms with van der Waals surface area (Å²) in [6, 6.07) is 5.31. The van der Waals surface area contributed by atoms with E-state index in [1.54, 1.807) is 41.3 Å². The highest BCUT2D eigenvalue weighted by Crippen LogP contribution is 2.33. The van der Waals surface area contributed by atoms with Crippen molar-refractivity contribution in [2.24, 2.45) is 0 Å². The molecule has 0 N–H and O–H groups in total. The highest BCUT2D eigenvalue weighted by Gasteiger charge is 2.36. The smallest absolute Gasteiger partial charge is 0.252 e. The molecule has 0 bridgehead atoms. The van der Waals surface area contributed by atoms with Gasteiger partial charge in [0, 0.05) is 38.9 Å². The van der Waals surface area contributed by atoms with Gasteiger partial charge < -0.3 is 9.30 Å². The normalized spacial score (nSPS) is 18.7. The van der Waals surface area contributed by atoms with E-state index in [2.05, 4.69) is 9.55 Å². The molecule has 1 atom stereocenters. The van der Waals surface area contributed by atoms with Gasteiger partial charge in [0.05, 0.1) is 23.8 Å². The summed E-state index contributed by atoms with van der Waals surface area (Å²) in [5.41, 5.74) is 1.84. The predicted molar refractivity (Wildman–Crippen MR) is 99.8 cm³/mol. The van der Waals surface area contributed by atoms with Crippen molar-refractivity contribution in [3.05, 3.63) is 41.8 Å². The van der Waals surface area contributed by atoms with Gasteiger partial charge >= 0.3 is 0 Å². The van der Waals surface area contributed by atoms with Gasteiger partial charge in [0.15, 0.2) is 0 Å². The molecule has 0 aliphatic carbocycles. The number of ether oxygens (including phenoxy) is 1. The van der Waals surface area contributed by atoms with Crippen LogP contribution in [0.5, 0.6) is 0 Å². The second-order valence-corrected chi connectivity index (χ2v) is 9.37. The molecule has 26 heavy (non-hydrogen) atoms. The number of sulfonamides is 1. The van der Waals surface area contributed by atoms with Crippen LogP contribution in [-0.4, -0.2) is 54.1 Å². The number of imidazole rings is 1. The molecule has 9 heteroatoms. The lowest BCUT2D eigenvalue weighted by Crippen LogP contribution is -2.28. The topological polar surface area (TPSA) is 77.3 Å². The Bertz CT molecular complexity index is 998. The van der Waals surface area contributed by atoms with Gasteiger partial charge in [0.25, 0.3) is 10.0 Å². The molecule has 0 radical (unpaired) electrons. The van der Waals surface area contributed by atoms with Crippen LogP contribution in [0.25, 0.3) is 11.0 Å². The zero-order valence-corrected chi connectivity index (χ0v) is 16.0. The number of rotatable bonds is 6. The Morgan fingerprint density at radius 1 is 1.38 bits per heavy atom. The molecule has 4 heterocycles. The fourth-order valence-corrected chi connectivity index (χ4v) is 6.06. The Hall–Kier alpha value is -1.81. The molecule has 3 aromatic rings. The molecule has 0 saturated carbocycles. The van der Waals surface area contributed by atoms with Crippen LogP contribution in [-0.2, 0) is 21.3 Å². The molecule has 1 aliphatic rings. The Morgan fingerprint density at radius 2 is 2.27 bits per heavy atom. The first-order valence-corrected chi connectivity index (χ1v) is 10.8. The quantitative estimate of drug-likeness (QED) is 0.643. The zero-order valence-electron chi connectivity index (χ0n) is 14.4. The maximum Gasteiger partial charge on any atom is 0.252 e. The average Bonchev–Trinajstić information content (AvgIpc) is 3.39. The van der Waals surface area contributed by atoms with Gasteiger partial charge in [-0.25, -0.2) is 13.4 Å². The summed E-state index contributed by atoms with van der Waals surface area (Å²) in [7, 11) is -1.75. The summed E-state index contributed by atoms with van der Waals surface area (Å²) >= 11 is 1.26. The molecule has 0 spiro atoms. The second-order valence-electron chi connectivity index (χ2n) is 6.26.